The molecule has 1 aliphatic rings. The summed E-state index contributed by atoms with van der Waals surface area (Å²) in [5.41, 5.74) is 0. The summed E-state index contributed by atoms with van der Waals surface area (Å²) >= 11 is 0. The van der Waals surface area contributed by atoms with Gasteiger partial charge in [0, 0.05) is 6.61 Å². The summed E-state index contributed by atoms with van der Waals surface area (Å²) < 4.78 is 0. The van der Waals surface area contributed by atoms with Crippen molar-refractivity contribution in [3.63, 3.8) is 0 Å². The van der Waals surface area contributed by atoms with Gasteiger partial charge in [0.25, 0.3) is 0 Å². The van der Waals surface area contributed by atoms with Crippen LogP contribution in [0.15, 0.2) is 0 Å². The van der Waals surface area contributed by atoms with Gasteiger partial charge in [0.15, 0.2) is 0 Å². The van der Waals surface area contributed by atoms with Crippen LogP contribution in [0.1, 0.15) is 97.8 Å². The number of aliphatic hydroxyl groups is 2. The van der Waals surface area contributed by atoms with E-state index in [9.17, 15) is 0 Å². The van der Waals surface area contributed by atoms with Crippen molar-refractivity contribution in [3.05, 3.63) is 0 Å². The maximum atomic E-state index is 8.91. The molecule has 19 heavy (non-hydrogen) atoms. The molecule has 0 saturated heterocycles. The second-order valence-corrected chi connectivity index (χ2v) is 5.43. The van der Waals surface area contributed by atoms with Gasteiger partial charge in [0.05, 0.1) is 6.10 Å². The lowest BCUT2D eigenvalue weighted by molar-refractivity contribution is 0.130. The third-order valence-electron chi connectivity index (χ3n) is 3.29. The Morgan fingerprint density at radius 3 is 1.42 bits per heavy atom. The molecule has 0 amide bonds. The zero-order chi connectivity index (χ0) is 14.8. The molecule has 0 radical (unpaired) electrons. The van der Waals surface area contributed by atoms with Crippen molar-refractivity contribution in [2.45, 2.75) is 104 Å². The van der Waals surface area contributed by atoms with Gasteiger partial charge >= 0.3 is 0 Å². The highest BCUT2D eigenvalue weighted by Gasteiger charge is 2.07. The first-order chi connectivity index (χ1) is 9.22. The zero-order valence-corrected chi connectivity index (χ0v) is 13.7. The minimum atomic E-state index is 0.0359. The summed E-state index contributed by atoms with van der Waals surface area (Å²) in [4.78, 5) is 0. The van der Waals surface area contributed by atoms with Crippen molar-refractivity contribution >= 4 is 0 Å². The first-order valence-electron chi connectivity index (χ1n) is 8.51. The second kappa shape index (κ2) is 20.2. The molecule has 0 aliphatic heterocycles. The van der Waals surface area contributed by atoms with Crippen LogP contribution in [0.2, 0.25) is 0 Å². The smallest absolute Gasteiger partial charge is 0.0540 e. The molecule has 0 aromatic rings. The van der Waals surface area contributed by atoms with Gasteiger partial charge in [-0.25, -0.2) is 0 Å². The van der Waals surface area contributed by atoms with Crippen molar-refractivity contribution in [1.29, 1.82) is 0 Å². The van der Waals surface area contributed by atoms with Crippen molar-refractivity contribution in [1.82, 2.24) is 0 Å². The first-order valence-corrected chi connectivity index (χ1v) is 8.51. The Bertz CT molecular complexity index is 125. The van der Waals surface area contributed by atoms with E-state index in [1.807, 2.05) is 0 Å². The van der Waals surface area contributed by atoms with Crippen LogP contribution in [-0.2, 0) is 0 Å². The van der Waals surface area contributed by atoms with E-state index < -0.39 is 0 Å². The third kappa shape index (κ3) is 23.4. The molecule has 0 spiro atoms. The Balaban J connectivity index is 0. The fraction of sp³-hybridized carbons (Fsp3) is 1.00. The van der Waals surface area contributed by atoms with Crippen LogP contribution in [0, 0.1) is 0 Å². The van der Waals surface area contributed by atoms with E-state index in [0.29, 0.717) is 6.61 Å². The SMILES string of the molecule is CCCCCCC.CCCCO.OC1CCCCC1. The Morgan fingerprint density at radius 2 is 1.21 bits per heavy atom. The van der Waals surface area contributed by atoms with Crippen LogP contribution in [0.3, 0.4) is 0 Å². The summed E-state index contributed by atoms with van der Waals surface area (Å²) in [6.45, 7) is 6.89. The molecule has 1 rings (SSSR count). The van der Waals surface area contributed by atoms with E-state index in [0.717, 1.165) is 25.7 Å². The quantitative estimate of drug-likeness (QED) is 0.664. The zero-order valence-electron chi connectivity index (χ0n) is 13.7. The maximum absolute atomic E-state index is 8.91. The van der Waals surface area contributed by atoms with Crippen LogP contribution >= 0.6 is 0 Å². The van der Waals surface area contributed by atoms with Gasteiger partial charge in [-0.15, -0.1) is 0 Å². The lowest BCUT2D eigenvalue weighted by Crippen LogP contribution is -2.09. The number of hydrogen-bond acceptors (Lipinski definition) is 2. The summed E-state index contributed by atoms with van der Waals surface area (Å²) in [7, 11) is 0. The lowest BCUT2D eigenvalue weighted by atomic mass is 9.98. The monoisotopic (exact) mass is 274 g/mol. The molecule has 0 aromatic carbocycles. The first kappa shape index (κ1) is 21.2. The highest BCUT2D eigenvalue weighted by Crippen LogP contribution is 2.16. The minimum Gasteiger partial charge on any atom is -0.396 e. The van der Waals surface area contributed by atoms with Gasteiger partial charge in [-0.1, -0.05) is 78.6 Å². The molecule has 118 valence electrons. The van der Waals surface area contributed by atoms with Gasteiger partial charge in [-0.3, -0.25) is 0 Å². The van der Waals surface area contributed by atoms with Gasteiger partial charge in [-0.2, -0.15) is 0 Å². The van der Waals surface area contributed by atoms with Gasteiger partial charge < -0.3 is 10.2 Å². The summed E-state index contributed by atoms with van der Waals surface area (Å²) in [6, 6.07) is 0. The topological polar surface area (TPSA) is 40.5 Å². The molecule has 1 fully saturated rings. The van der Waals surface area contributed by atoms with E-state index in [2.05, 4.69) is 20.8 Å². The fourth-order valence-corrected chi connectivity index (χ4v) is 1.92. The Kier molecular flexibility index (Phi) is 22.6. The highest BCUT2D eigenvalue weighted by molar-refractivity contribution is 4.61. The molecule has 0 atom stereocenters. The van der Waals surface area contributed by atoms with Gasteiger partial charge in [0.1, 0.15) is 0 Å². The Labute approximate surface area is 121 Å². The molecule has 0 unspecified atom stereocenters. The van der Waals surface area contributed by atoms with Crippen molar-refractivity contribution < 1.29 is 10.2 Å². The largest absolute Gasteiger partial charge is 0.396 e. The molecule has 2 nitrogen and oxygen atoms in total. The molecule has 2 heteroatoms. The second-order valence-electron chi connectivity index (χ2n) is 5.43. The van der Waals surface area contributed by atoms with E-state index in [1.54, 1.807) is 0 Å². The van der Waals surface area contributed by atoms with E-state index >= 15 is 0 Å². The summed E-state index contributed by atoms with van der Waals surface area (Å²) in [5, 5.41) is 17.0. The predicted molar refractivity (Wildman–Crippen MR) is 85.5 cm³/mol. The van der Waals surface area contributed by atoms with E-state index in [4.69, 9.17) is 10.2 Å². The standard InChI is InChI=1S/C7H16.C6H12O.C4H10O/c1-3-5-7-6-4-2;7-6-4-2-1-3-5-6;1-2-3-4-5/h3-7H2,1-2H3;6-7H,1-5H2;5H,2-4H2,1H3. The summed E-state index contributed by atoms with van der Waals surface area (Å²) in [5.74, 6) is 0. The fourth-order valence-electron chi connectivity index (χ4n) is 1.92. The van der Waals surface area contributed by atoms with E-state index in [1.165, 1.54) is 51.4 Å². The molecule has 0 bridgehead atoms. The minimum absolute atomic E-state index is 0.0359. The summed E-state index contributed by atoms with van der Waals surface area (Å²) in [6.07, 6.45) is 15.0. The maximum Gasteiger partial charge on any atom is 0.0540 e. The Morgan fingerprint density at radius 1 is 0.737 bits per heavy atom. The van der Waals surface area contributed by atoms with Crippen molar-refractivity contribution in [2.75, 3.05) is 6.61 Å². The molecule has 2 N–H and O–H groups in total. The number of rotatable bonds is 6. The lowest BCUT2D eigenvalue weighted by Gasteiger charge is -2.14. The predicted octanol–water partition coefficient (Wildman–Crippen LogP) is 5.07. The molecular weight excluding hydrogens is 236 g/mol. The number of unbranched alkanes of at least 4 members (excludes halogenated alkanes) is 5. The van der Waals surface area contributed by atoms with Crippen LogP contribution in [0.25, 0.3) is 0 Å². The van der Waals surface area contributed by atoms with Gasteiger partial charge in [-0.05, 0) is 19.3 Å². The molecule has 1 aliphatic carbocycles. The van der Waals surface area contributed by atoms with Crippen LogP contribution in [0.4, 0.5) is 0 Å². The van der Waals surface area contributed by atoms with E-state index in [-0.39, 0.29) is 6.10 Å². The molecular formula is C17H38O2. The third-order valence-corrected chi connectivity index (χ3v) is 3.29. The molecule has 0 heterocycles. The van der Waals surface area contributed by atoms with Gasteiger partial charge in [0.2, 0.25) is 0 Å². The molecule has 0 aromatic heterocycles. The molecule has 1 saturated carbocycles. The highest BCUT2D eigenvalue weighted by atomic mass is 16.3. The van der Waals surface area contributed by atoms with Crippen LogP contribution in [0.5, 0.6) is 0 Å². The van der Waals surface area contributed by atoms with Crippen LogP contribution < -0.4 is 0 Å². The van der Waals surface area contributed by atoms with Crippen molar-refractivity contribution in [2.24, 2.45) is 0 Å². The van der Waals surface area contributed by atoms with Crippen molar-refractivity contribution in [3.8, 4) is 0 Å². The normalized spacial score (nSPS) is 15.0. The Hall–Kier alpha value is -0.0800. The number of hydrogen-bond donors (Lipinski definition) is 2. The average Bonchev–Trinajstić information content (AvgIpc) is 2.43. The average molecular weight is 274 g/mol. The number of aliphatic hydroxyl groups excluding tert-OH is 2. The van der Waals surface area contributed by atoms with Crippen LogP contribution in [-0.4, -0.2) is 22.9 Å².